The van der Waals surface area contributed by atoms with E-state index in [2.05, 4.69) is 15.1 Å². The van der Waals surface area contributed by atoms with Crippen molar-refractivity contribution < 1.29 is 36.2 Å². The molecule has 224 valence electrons. The van der Waals surface area contributed by atoms with Crippen LogP contribution >= 0.6 is 0 Å². The summed E-state index contributed by atoms with van der Waals surface area (Å²) in [5.41, 5.74) is -3.50. The summed E-state index contributed by atoms with van der Waals surface area (Å²) in [6.07, 6.45) is -3.74. The smallest absolute Gasteiger partial charge is 0.407 e. The van der Waals surface area contributed by atoms with Gasteiger partial charge in [-0.25, -0.2) is 13.3 Å². The highest BCUT2D eigenvalue weighted by Gasteiger charge is 2.38. The maximum absolute atomic E-state index is 13.4. The van der Waals surface area contributed by atoms with Crippen molar-refractivity contribution in [3.8, 4) is 5.75 Å². The molecule has 3 rings (SSSR count). The number of carbonyl (C=O) groups excluding carboxylic acids is 1. The number of alkyl halides is 3. The van der Waals surface area contributed by atoms with Gasteiger partial charge in [0.1, 0.15) is 5.75 Å². The first-order chi connectivity index (χ1) is 19.6. The van der Waals surface area contributed by atoms with Crippen LogP contribution in [-0.2, 0) is 27.2 Å². The second-order valence-corrected chi connectivity index (χ2v) is 12.2. The molecule has 0 spiro atoms. The van der Waals surface area contributed by atoms with E-state index in [1.807, 2.05) is 26.2 Å². The lowest BCUT2D eigenvalue weighted by atomic mass is 10.0. The lowest BCUT2D eigenvalue weighted by Crippen LogP contribution is -2.46. The average molecular weight is 604 g/mol. The molecule has 42 heavy (non-hydrogen) atoms. The number of hydrogen-bond donors (Lipinski definition) is 2. The Balaban J connectivity index is 1.74. The number of nitrogens with one attached hydrogen (secondary N) is 1. The van der Waals surface area contributed by atoms with Crippen LogP contribution in [-0.4, -0.2) is 62.9 Å². The van der Waals surface area contributed by atoms with E-state index in [-0.39, 0.29) is 17.0 Å². The molecule has 0 radical (unpaired) electrons. The van der Waals surface area contributed by atoms with Gasteiger partial charge in [0.2, 0.25) is 0 Å². The molecule has 2 N–H and O–H groups in total. The van der Waals surface area contributed by atoms with Crippen LogP contribution in [0.15, 0.2) is 71.6 Å². The van der Waals surface area contributed by atoms with Gasteiger partial charge in [-0.05, 0) is 75.3 Å². The van der Waals surface area contributed by atoms with Crippen LogP contribution < -0.4 is 10.1 Å². The normalized spacial score (nSPS) is 13.3. The largest absolute Gasteiger partial charge is 0.494 e. The van der Waals surface area contributed by atoms with Gasteiger partial charge in [0.15, 0.2) is 21.1 Å². The summed E-state index contributed by atoms with van der Waals surface area (Å²) in [5.74, 6) is -1.55. The molecule has 3 aromatic carbocycles. The molecule has 12 heteroatoms. The molecule has 0 heterocycles. The van der Waals surface area contributed by atoms with Crippen molar-refractivity contribution in [2.24, 2.45) is 0 Å². The number of amides is 1. The number of anilines is 1. The first kappa shape index (κ1) is 32.6. The monoisotopic (exact) mass is 603 g/mol. The Bertz CT molecular complexity index is 1550. The summed E-state index contributed by atoms with van der Waals surface area (Å²) < 4.78 is 72.4. The number of carbonyl (C=O) groups is 1. The van der Waals surface area contributed by atoms with Gasteiger partial charge in [-0.2, -0.15) is 13.2 Å². The fourth-order valence-electron chi connectivity index (χ4n) is 4.16. The Kier molecular flexibility index (Phi) is 10.4. The van der Waals surface area contributed by atoms with Crippen molar-refractivity contribution in [2.45, 2.75) is 36.4 Å². The third kappa shape index (κ3) is 8.79. The molecule has 8 nitrogen and oxygen atoms in total. The molecule has 1 unspecified atom stereocenters. The van der Waals surface area contributed by atoms with Gasteiger partial charge in [0.25, 0.3) is 5.91 Å². The Hall–Kier alpha value is -3.92. The number of benzene rings is 3. The maximum atomic E-state index is 13.4. The topological polar surface area (TPSA) is 100 Å². The molecule has 0 saturated carbocycles. The SMILES string of the molecule is [C-]#[N+]c1ccc(NC(=O)C(C)(O)CS(=O)(=O)c2ccccc2Cc2ccc(OCCCN(C)C)cc2)cc1C(F)(F)F. The summed E-state index contributed by atoms with van der Waals surface area (Å²) in [6.45, 7) is 9.34. The first-order valence-corrected chi connectivity index (χ1v) is 14.6. The van der Waals surface area contributed by atoms with E-state index < -0.39 is 44.5 Å². The molecule has 0 aromatic heterocycles. The minimum absolute atomic E-state index is 0.0807. The molecule has 3 aromatic rings. The Morgan fingerprint density at radius 3 is 2.36 bits per heavy atom. The van der Waals surface area contributed by atoms with Crippen LogP contribution in [0.2, 0.25) is 0 Å². The lowest BCUT2D eigenvalue weighted by Gasteiger charge is -2.23. The van der Waals surface area contributed by atoms with E-state index in [1.54, 1.807) is 24.3 Å². The first-order valence-electron chi connectivity index (χ1n) is 12.9. The average Bonchev–Trinajstić information content (AvgIpc) is 2.91. The number of rotatable bonds is 12. The number of halogens is 3. The summed E-state index contributed by atoms with van der Waals surface area (Å²) >= 11 is 0. The van der Waals surface area contributed by atoms with Crippen molar-refractivity contribution in [3.05, 3.63) is 94.8 Å². The van der Waals surface area contributed by atoms with E-state index in [9.17, 15) is 31.5 Å². The molecule has 0 aliphatic carbocycles. The van der Waals surface area contributed by atoms with Crippen molar-refractivity contribution in [1.29, 1.82) is 0 Å². The minimum atomic E-state index is -4.85. The van der Waals surface area contributed by atoms with Crippen LogP contribution in [0, 0.1) is 6.57 Å². The van der Waals surface area contributed by atoms with Crippen molar-refractivity contribution in [1.82, 2.24) is 4.90 Å². The second-order valence-electron chi connectivity index (χ2n) is 10.3. The van der Waals surface area contributed by atoms with Crippen LogP contribution in [0.4, 0.5) is 24.5 Å². The molecular formula is C30H32F3N3O5S. The van der Waals surface area contributed by atoms with Crippen LogP contribution in [0.5, 0.6) is 5.75 Å². The van der Waals surface area contributed by atoms with Gasteiger partial charge in [-0.1, -0.05) is 36.4 Å². The fourth-order valence-corrected chi connectivity index (χ4v) is 6.02. The Morgan fingerprint density at radius 2 is 1.74 bits per heavy atom. The zero-order valence-corrected chi connectivity index (χ0v) is 24.2. The molecule has 0 aliphatic rings. The van der Waals surface area contributed by atoms with Crippen molar-refractivity contribution in [3.63, 3.8) is 0 Å². The fraction of sp³-hybridized carbons (Fsp3) is 0.333. The quantitative estimate of drug-likeness (QED) is 0.214. The Labute approximate surface area is 243 Å². The van der Waals surface area contributed by atoms with Crippen LogP contribution in [0.25, 0.3) is 4.85 Å². The highest BCUT2D eigenvalue weighted by molar-refractivity contribution is 7.91. The van der Waals surface area contributed by atoms with E-state index in [0.29, 0.717) is 24.0 Å². The van der Waals surface area contributed by atoms with Crippen molar-refractivity contribution in [2.75, 3.05) is 38.3 Å². The lowest BCUT2D eigenvalue weighted by molar-refractivity contribution is -0.137. The van der Waals surface area contributed by atoms with Gasteiger partial charge in [0.05, 0.1) is 29.4 Å². The number of ether oxygens (including phenoxy) is 1. The number of hydrogen-bond acceptors (Lipinski definition) is 6. The number of aliphatic hydroxyl groups is 1. The number of nitrogens with zero attached hydrogens (tertiary/aromatic N) is 2. The summed E-state index contributed by atoms with van der Waals surface area (Å²) in [5, 5.41) is 13.0. The van der Waals surface area contributed by atoms with Crippen LogP contribution in [0.1, 0.15) is 30.0 Å². The van der Waals surface area contributed by atoms with E-state index in [0.717, 1.165) is 37.6 Å². The van der Waals surface area contributed by atoms with Crippen molar-refractivity contribution >= 4 is 27.1 Å². The predicted octanol–water partition coefficient (Wildman–Crippen LogP) is 5.34. The zero-order chi connectivity index (χ0) is 31.1. The zero-order valence-electron chi connectivity index (χ0n) is 23.4. The molecule has 1 amide bonds. The third-order valence-corrected chi connectivity index (χ3v) is 8.30. The van der Waals surface area contributed by atoms with E-state index in [1.165, 1.54) is 12.1 Å². The van der Waals surface area contributed by atoms with Gasteiger partial charge in [-0.3, -0.25) is 4.79 Å². The summed E-state index contributed by atoms with van der Waals surface area (Å²) in [6, 6.07) is 16.0. The highest BCUT2D eigenvalue weighted by Crippen LogP contribution is 2.38. The minimum Gasteiger partial charge on any atom is -0.494 e. The number of sulfone groups is 1. The van der Waals surface area contributed by atoms with Crippen LogP contribution in [0.3, 0.4) is 0 Å². The maximum Gasteiger partial charge on any atom is 0.407 e. The second kappa shape index (κ2) is 13.4. The standard InChI is InChI=1S/C30H32F3N3O5S/c1-29(38,28(37)35-23-12-15-26(34-2)25(19-23)30(31,32)33)20-42(39,40)27-9-6-5-8-22(27)18-21-10-13-24(14-11-21)41-17-7-16-36(3)4/h5-6,8-15,19,38H,7,16-18,20H2,1,3-4H3,(H,35,37). The molecule has 0 saturated heterocycles. The predicted molar refractivity (Wildman–Crippen MR) is 153 cm³/mol. The third-order valence-electron chi connectivity index (χ3n) is 6.28. The van der Waals surface area contributed by atoms with Gasteiger partial charge < -0.3 is 20.1 Å². The van der Waals surface area contributed by atoms with E-state index >= 15 is 0 Å². The van der Waals surface area contributed by atoms with Gasteiger partial charge in [-0.15, -0.1) is 0 Å². The summed E-state index contributed by atoms with van der Waals surface area (Å²) in [7, 11) is -0.271. The Morgan fingerprint density at radius 1 is 1.07 bits per heavy atom. The molecule has 0 fully saturated rings. The molecule has 1 atom stereocenters. The molecule has 0 aliphatic heterocycles. The van der Waals surface area contributed by atoms with E-state index in [4.69, 9.17) is 11.3 Å². The summed E-state index contributed by atoms with van der Waals surface area (Å²) in [4.78, 5) is 17.6. The molecule has 0 bridgehead atoms. The van der Waals surface area contributed by atoms with Gasteiger partial charge >= 0.3 is 6.18 Å². The molecular weight excluding hydrogens is 571 g/mol. The highest BCUT2D eigenvalue weighted by atomic mass is 32.2. The van der Waals surface area contributed by atoms with Gasteiger partial charge in [0, 0.05) is 12.2 Å².